The molecule has 0 amide bonds. The SMILES string of the molecule is COc1ccc(Cn2c(-c3cc(C(C)C)c(O)cc3O)n[nH]c2=S)cc1N(C)C. The van der Waals surface area contributed by atoms with E-state index in [0.29, 0.717) is 22.7 Å². The standard InChI is InChI=1S/C21H26N4O3S/c1-12(2)14-9-15(18(27)10-17(14)26)20-22-23-21(29)25(20)11-13-6-7-19(28-5)16(8-13)24(3)4/h6-10,12,26-27H,11H2,1-5H3,(H,23,29). The Labute approximate surface area is 175 Å². The molecule has 0 saturated carbocycles. The monoisotopic (exact) mass is 414 g/mol. The minimum Gasteiger partial charge on any atom is -0.508 e. The van der Waals surface area contributed by atoms with Gasteiger partial charge in [-0.1, -0.05) is 19.9 Å². The number of aromatic amines is 1. The Morgan fingerprint density at radius 3 is 2.52 bits per heavy atom. The van der Waals surface area contributed by atoms with E-state index >= 15 is 0 Å². The topological polar surface area (TPSA) is 86.5 Å². The molecule has 0 bridgehead atoms. The highest BCUT2D eigenvalue weighted by Crippen LogP contribution is 2.37. The van der Waals surface area contributed by atoms with Crippen LogP contribution >= 0.6 is 12.2 Å². The number of H-pyrrole nitrogens is 1. The van der Waals surface area contributed by atoms with Crippen LogP contribution in [-0.4, -0.2) is 46.2 Å². The Kier molecular flexibility index (Phi) is 5.83. The third kappa shape index (κ3) is 4.07. The number of benzene rings is 2. The van der Waals surface area contributed by atoms with Gasteiger partial charge in [-0.05, 0) is 47.5 Å². The fraction of sp³-hybridized carbons (Fsp3) is 0.333. The molecule has 154 valence electrons. The number of phenols is 2. The van der Waals surface area contributed by atoms with Crippen LogP contribution in [0.1, 0.15) is 30.9 Å². The van der Waals surface area contributed by atoms with Gasteiger partial charge in [-0.3, -0.25) is 9.67 Å². The van der Waals surface area contributed by atoms with Crippen LogP contribution in [0.4, 0.5) is 5.69 Å². The van der Waals surface area contributed by atoms with Crippen molar-refractivity contribution in [3.63, 3.8) is 0 Å². The van der Waals surface area contributed by atoms with Crippen LogP contribution in [0.15, 0.2) is 30.3 Å². The Morgan fingerprint density at radius 2 is 1.90 bits per heavy atom. The quantitative estimate of drug-likeness (QED) is 0.523. The molecule has 1 aromatic heterocycles. The van der Waals surface area contributed by atoms with E-state index in [4.69, 9.17) is 17.0 Å². The molecule has 1 heterocycles. The molecule has 3 N–H and O–H groups in total. The van der Waals surface area contributed by atoms with Crippen LogP contribution in [0.5, 0.6) is 17.2 Å². The lowest BCUT2D eigenvalue weighted by molar-refractivity contribution is 0.415. The number of hydrogen-bond donors (Lipinski definition) is 3. The van der Waals surface area contributed by atoms with Gasteiger partial charge in [-0.25, -0.2) is 0 Å². The smallest absolute Gasteiger partial charge is 0.195 e. The minimum atomic E-state index is -0.0501. The summed E-state index contributed by atoms with van der Waals surface area (Å²) in [6.45, 7) is 4.42. The molecule has 0 unspecified atom stereocenters. The first-order valence-electron chi connectivity index (χ1n) is 9.28. The first-order valence-corrected chi connectivity index (χ1v) is 9.69. The molecule has 0 fully saturated rings. The molecule has 0 spiro atoms. The van der Waals surface area contributed by atoms with E-state index in [1.54, 1.807) is 13.2 Å². The van der Waals surface area contributed by atoms with Crippen molar-refractivity contribution >= 4 is 17.9 Å². The van der Waals surface area contributed by atoms with Gasteiger partial charge in [0.1, 0.15) is 17.2 Å². The predicted molar refractivity (Wildman–Crippen MR) is 117 cm³/mol. The number of hydrogen-bond acceptors (Lipinski definition) is 6. The summed E-state index contributed by atoms with van der Waals surface area (Å²) in [6, 6.07) is 9.04. The maximum Gasteiger partial charge on any atom is 0.195 e. The molecule has 0 radical (unpaired) electrons. The van der Waals surface area contributed by atoms with Crippen molar-refractivity contribution in [1.82, 2.24) is 14.8 Å². The van der Waals surface area contributed by atoms with Crippen molar-refractivity contribution in [3.8, 4) is 28.6 Å². The summed E-state index contributed by atoms with van der Waals surface area (Å²) in [4.78, 5) is 1.98. The zero-order chi connectivity index (χ0) is 21.3. The van der Waals surface area contributed by atoms with Gasteiger partial charge in [-0.2, -0.15) is 5.10 Å². The minimum absolute atomic E-state index is 0.0501. The summed E-state index contributed by atoms with van der Waals surface area (Å²) in [5.74, 6) is 1.40. The van der Waals surface area contributed by atoms with Gasteiger partial charge in [0.2, 0.25) is 0 Å². The summed E-state index contributed by atoms with van der Waals surface area (Å²) in [7, 11) is 5.56. The zero-order valence-electron chi connectivity index (χ0n) is 17.2. The molecular weight excluding hydrogens is 388 g/mol. The second kappa shape index (κ2) is 8.16. The van der Waals surface area contributed by atoms with E-state index in [9.17, 15) is 10.2 Å². The number of anilines is 1. The Hall–Kier alpha value is -3.00. The van der Waals surface area contributed by atoms with Crippen LogP contribution in [0.25, 0.3) is 11.4 Å². The summed E-state index contributed by atoms with van der Waals surface area (Å²) in [5, 5.41) is 27.7. The maximum atomic E-state index is 10.5. The van der Waals surface area contributed by atoms with E-state index in [-0.39, 0.29) is 17.4 Å². The van der Waals surface area contributed by atoms with E-state index in [1.165, 1.54) is 6.07 Å². The zero-order valence-corrected chi connectivity index (χ0v) is 18.0. The number of rotatable bonds is 6. The highest BCUT2D eigenvalue weighted by Gasteiger charge is 2.18. The van der Waals surface area contributed by atoms with Gasteiger partial charge >= 0.3 is 0 Å². The van der Waals surface area contributed by atoms with Crippen molar-refractivity contribution in [2.45, 2.75) is 26.3 Å². The molecule has 0 aliphatic rings. The van der Waals surface area contributed by atoms with Gasteiger partial charge in [0, 0.05) is 20.2 Å². The number of methoxy groups -OCH3 is 1. The van der Waals surface area contributed by atoms with E-state index in [0.717, 1.165) is 22.6 Å². The second-order valence-corrected chi connectivity index (χ2v) is 7.81. The highest BCUT2D eigenvalue weighted by molar-refractivity contribution is 7.71. The van der Waals surface area contributed by atoms with Crippen LogP contribution in [-0.2, 0) is 6.54 Å². The number of nitrogens with one attached hydrogen (secondary N) is 1. The molecule has 0 saturated heterocycles. The lowest BCUT2D eigenvalue weighted by atomic mass is 9.98. The fourth-order valence-electron chi connectivity index (χ4n) is 3.27. The molecule has 3 aromatic rings. The molecule has 3 rings (SSSR count). The van der Waals surface area contributed by atoms with Gasteiger partial charge in [0.15, 0.2) is 10.6 Å². The van der Waals surface area contributed by atoms with Gasteiger partial charge in [0.05, 0.1) is 24.9 Å². The summed E-state index contributed by atoms with van der Waals surface area (Å²) in [5.41, 5.74) is 3.21. The van der Waals surface area contributed by atoms with Crippen molar-refractivity contribution in [3.05, 3.63) is 46.2 Å². The maximum absolute atomic E-state index is 10.5. The molecule has 7 nitrogen and oxygen atoms in total. The Bertz CT molecular complexity index is 1090. The summed E-state index contributed by atoms with van der Waals surface area (Å²) < 4.78 is 7.70. The molecule has 29 heavy (non-hydrogen) atoms. The van der Waals surface area contributed by atoms with Crippen LogP contribution < -0.4 is 9.64 Å². The lowest BCUT2D eigenvalue weighted by Crippen LogP contribution is -2.11. The normalized spacial score (nSPS) is 11.1. The number of ether oxygens (including phenoxy) is 1. The molecule has 0 aliphatic carbocycles. The third-order valence-corrected chi connectivity index (χ3v) is 5.14. The highest BCUT2D eigenvalue weighted by atomic mass is 32.1. The molecule has 2 aromatic carbocycles. The molecular formula is C21H26N4O3S. The van der Waals surface area contributed by atoms with Crippen molar-refractivity contribution in [1.29, 1.82) is 0 Å². The van der Waals surface area contributed by atoms with Gasteiger partial charge in [0.25, 0.3) is 0 Å². The summed E-state index contributed by atoms with van der Waals surface area (Å²) in [6.07, 6.45) is 0. The van der Waals surface area contributed by atoms with Gasteiger partial charge in [-0.15, -0.1) is 0 Å². The van der Waals surface area contributed by atoms with E-state index < -0.39 is 0 Å². The van der Waals surface area contributed by atoms with E-state index in [2.05, 4.69) is 10.2 Å². The number of nitrogens with zero attached hydrogens (tertiary/aromatic N) is 3. The first-order chi connectivity index (χ1) is 13.7. The van der Waals surface area contributed by atoms with Gasteiger partial charge < -0.3 is 19.8 Å². The van der Waals surface area contributed by atoms with Crippen LogP contribution in [0.2, 0.25) is 0 Å². The average molecular weight is 415 g/mol. The largest absolute Gasteiger partial charge is 0.508 e. The van der Waals surface area contributed by atoms with Crippen molar-refractivity contribution < 1.29 is 14.9 Å². The second-order valence-electron chi connectivity index (χ2n) is 7.42. The Morgan fingerprint density at radius 1 is 1.17 bits per heavy atom. The molecule has 8 heteroatoms. The third-order valence-electron chi connectivity index (χ3n) is 4.83. The predicted octanol–water partition coefficient (Wildman–Crippen LogP) is 4.27. The summed E-state index contributed by atoms with van der Waals surface area (Å²) >= 11 is 5.44. The van der Waals surface area contributed by atoms with E-state index in [1.807, 2.05) is 55.6 Å². The number of phenolic OH excluding ortho intramolecular Hbond substituents is 2. The van der Waals surface area contributed by atoms with Crippen LogP contribution in [0, 0.1) is 4.77 Å². The molecule has 0 aliphatic heterocycles. The lowest BCUT2D eigenvalue weighted by Gasteiger charge is -2.18. The Balaban J connectivity index is 2.08. The van der Waals surface area contributed by atoms with Crippen LogP contribution in [0.3, 0.4) is 0 Å². The van der Waals surface area contributed by atoms with Crippen molar-refractivity contribution in [2.75, 3.05) is 26.1 Å². The average Bonchev–Trinajstić information content (AvgIpc) is 3.01. The number of aromatic nitrogens is 3. The van der Waals surface area contributed by atoms with Crippen molar-refractivity contribution in [2.24, 2.45) is 0 Å². The number of aromatic hydroxyl groups is 2. The molecule has 0 atom stereocenters. The first kappa shape index (κ1) is 20.7. The fourth-order valence-corrected chi connectivity index (χ4v) is 3.47.